The smallest absolute Gasteiger partial charge is 0.313 e. The summed E-state index contributed by atoms with van der Waals surface area (Å²) in [5.74, 6) is -0.326. The molecule has 0 radical (unpaired) electrons. The highest BCUT2D eigenvalue weighted by atomic mass is 16.5. The fraction of sp³-hybridized carbons (Fsp3) is 0.364. The van der Waals surface area contributed by atoms with E-state index in [1.165, 1.54) is 0 Å². The van der Waals surface area contributed by atoms with Gasteiger partial charge in [-0.3, -0.25) is 4.79 Å². The van der Waals surface area contributed by atoms with Gasteiger partial charge in [-0.1, -0.05) is 19.9 Å². The Hall–Kier alpha value is -1.51. The van der Waals surface area contributed by atoms with Crippen LogP contribution in [0.1, 0.15) is 19.4 Å². The third-order valence-corrected chi connectivity index (χ3v) is 1.80. The van der Waals surface area contributed by atoms with E-state index < -0.39 is 0 Å². The molecule has 76 valence electrons. The van der Waals surface area contributed by atoms with Crippen molar-refractivity contribution in [2.24, 2.45) is 5.92 Å². The molecule has 3 nitrogen and oxygen atoms in total. The van der Waals surface area contributed by atoms with E-state index in [-0.39, 0.29) is 23.4 Å². The van der Waals surface area contributed by atoms with Gasteiger partial charge in [0.25, 0.3) is 0 Å². The van der Waals surface area contributed by atoms with Crippen LogP contribution in [0.4, 0.5) is 0 Å². The maximum atomic E-state index is 11.2. The number of carbonyl (C=O) groups is 1. The highest BCUT2D eigenvalue weighted by Crippen LogP contribution is 2.26. The first kappa shape index (κ1) is 10.6. The van der Waals surface area contributed by atoms with E-state index in [2.05, 4.69) is 0 Å². The van der Waals surface area contributed by atoms with Crippen LogP contribution in [0, 0.1) is 12.8 Å². The number of esters is 1. The normalized spacial score (nSPS) is 10.3. The molecule has 0 saturated heterocycles. The second-order valence-electron chi connectivity index (χ2n) is 3.55. The fourth-order valence-corrected chi connectivity index (χ4v) is 0.940. The predicted octanol–water partition coefficient (Wildman–Crippen LogP) is 2.26. The quantitative estimate of drug-likeness (QED) is 0.580. The van der Waals surface area contributed by atoms with E-state index in [1.807, 2.05) is 6.92 Å². The molecule has 0 aliphatic carbocycles. The third-order valence-electron chi connectivity index (χ3n) is 1.80. The van der Waals surface area contributed by atoms with Crippen LogP contribution in [0.25, 0.3) is 0 Å². The highest BCUT2D eigenvalue weighted by Gasteiger charge is 2.12. The lowest BCUT2D eigenvalue weighted by Gasteiger charge is -2.08. The largest absolute Gasteiger partial charge is 0.504 e. The minimum absolute atomic E-state index is 0.000926. The molecule has 0 atom stereocenters. The van der Waals surface area contributed by atoms with Crippen molar-refractivity contribution in [3.63, 3.8) is 0 Å². The monoisotopic (exact) mass is 194 g/mol. The Labute approximate surface area is 83.3 Å². The predicted molar refractivity (Wildman–Crippen MR) is 53.3 cm³/mol. The Bertz CT molecular complexity index is 342. The van der Waals surface area contributed by atoms with E-state index in [9.17, 15) is 9.90 Å². The summed E-state index contributed by atoms with van der Waals surface area (Å²) in [4.78, 5) is 11.2. The number of carbonyl (C=O) groups excluding carboxylic acids is 1. The van der Waals surface area contributed by atoms with Crippen molar-refractivity contribution in [3.05, 3.63) is 23.8 Å². The van der Waals surface area contributed by atoms with Gasteiger partial charge in [-0.05, 0) is 24.6 Å². The van der Waals surface area contributed by atoms with Gasteiger partial charge in [-0.2, -0.15) is 0 Å². The molecule has 0 aliphatic rings. The molecule has 1 aromatic rings. The molecule has 3 heteroatoms. The fourth-order valence-electron chi connectivity index (χ4n) is 0.940. The van der Waals surface area contributed by atoms with E-state index in [1.54, 1.807) is 32.0 Å². The summed E-state index contributed by atoms with van der Waals surface area (Å²) < 4.78 is 4.97. The third kappa shape index (κ3) is 2.49. The number of phenols is 1. The van der Waals surface area contributed by atoms with Crippen LogP contribution in [-0.4, -0.2) is 11.1 Å². The van der Waals surface area contributed by atoms with Crippen molar-refractivity contribution < 1.29 is 14.6 Å². The lowest BCUT2D eigenvalue weighted by molar-refractivity contribution is -0.137. The zero-order valence-electron chi connectivity index (χ0n) is 8.57. The van der Waals surface area contributed by atoms with Crippen LogP contribution in [0.2, 0.25) is 0 Å². The van der Waals surface area contributed by atoms with Crippen LogP contribution >= 0.6 is 0 Å². The number of hydrogen-bond donors (Lipinski definition) is 1. The van der Waals surface area contributed by atoms with Crippen molar-refractivity contribution in [2.75, 3.05) is 0 Å². The van der Waals surface area contributed by atoms with Crippen molar-refractivity contribution in [2.45, 2.75) is 20.8 Å². The van der Waals surface area contributed by atoms with Crippen molar-refractivity contribution in [1.82, 2.24) is 0 Å². The zero-order valence-corrected chi connectivity index (χ0v) is 8.57. The standard InChI is InChI=1S/C11H14O3/c1-7(2)11(13)14-10-5-4-8(3)6-9(10)12/h4-7,12H,1-3H3. The molecule has 1 N–H and O–H groups in total. The number of rotatable bonds is 2. The average Bonchev–Trinajstić information content (AvgIpc) is 2.09. The minimum Gasteiger partial charge on any atom is -0.504 e. The number of aryl methyl sites for hydroxylation is 1. The molecule has 14 heavy (non-hydrogen) atoms. The van der Waals surface area contributed by atoms with Crippen LogP contribution in [0.3, 0.4) is 0 Å². The number of benzene rings is 1. The van der Waals surface area contributed by atoms with Crippen LogP contribution in [0.15, 0.2) is 18.2 Å². The van der Waals surface area contributed by atoms with Crippen LogP contribution < -0.4 is 4.74 Å². The minimum atomic E-state index is -0.343. The summed E-state index contributed by atoms with van der Waals surface area (Å²) in [5, 5.41) is 9.44. The first-order valence-corrected chi connectivity index (χ1v) is 4.52. The van der Waals surface area contributed by atoms with Gasteiger partial charge in [-0.25, -0.2) is 0 Å². The summed E-state index contributed by atoms with van der Waals surface area (Å²) in [7, 11) is 0. The highest BCUT2D eigenvalue weighted by molar-refractivity contribution is 5.75. The molecule has 1 rings (SSSR count). The zero-order chi connectivity index (χ0) is 10.7. The van der Waals surface area contributed by atoms with Crippen molar-refractivity contribution in [1.29, 1.82) is 0 Å². The molecule has 0 bridgehead atoms. The van der Waals surface area contributed by atoms with Crippen molar-refractivity contribution >= 4 is 5.97 Å². The maximum Gasteiger partial charge on any atom is 0.313 e. The molecule has 0 heterocycles. The molecule has 0 saturated carbocycles. The lowest BCUT2D eigenvalue weighted by Crippen LogP contribution is -2.14. The summed E-state index contributed by atoms with van der Waals surface area (Å²) in [5.41, 5.74) is 0.923. The van der Waals surface area contributed by atoms with Gasteiger partial charge in [0.15, 0.2) is 11.5 Å². The van der Waals surface area contributed by atoms with E-state index in [4.69, 9.17) is 4.74 Å². The van der Waals surface area contributed by atoms with Crippen molar-refractivity contribution in [3.8, 4) is 11.5 Å². The SMILES string of the molecule is Cc1ccc(OC(=O)C(C)C)c(O)c1. The van der Waals surface area contributed by atoms with E-state index in [0.29, 0.717) is 0 Å². The van der Waals surface area contributed by atoms with Gasteiger partial charge in [-0.15, -0.1) is 0 Å². The van der Waals surface area contributed by atoms with E-state index >= 15 is 0 Å². The number of hydrogen-bond acceptors (Lipinski definition) is 3. The molecular weight excluding hydrogens is 180 g/mol. The molecular formula is C11H14O3. The Morgan fingerprint density at radius 2 is 2.07 bits per heavy atom. The number of ether oxygens (including phenoxy) is 1. The molecule has 0 amide bonds. The summed E-state index contributed by atoms with van der Waals surface area (Å²) in [6.45, 7) is 5.34. The Balaban J connectivity index is 2.82. The summed E-state index contributed by atoms with van der Waals surface area (Å²) in [6, 6.07) is 4.93. The summed E-state index contributed by atoms with van der Waals surface area (Å²) >= 11 is 0. The van der Waals surface area contributed by atoms with Gasteiger partial charge in [0.2, 0.25) is 0 Å². The molecule has 0 aromatic heterocycles. The second-order valence-corrected chi connectivity index (χ2v) is 3.55. The first-order chi connectivity index (χ1) is 6.50. The summed E-state index contributed by atoms with van der Waals surface area (Å²) in [6.07, 6.45) is 0. The van der Waals surface area contributed by atoms with Crippen LogP contribution in [0.5, 0.6) is 11.5 Å². The maximum absolute atomic E-state index is 11.2. The Morgan fingerprint density at radius 1 is 1.43 bits per heavy atom. The molecule has 0 spiro atoms. The van der Waals surface area contributed by atoms with E-state index in [0.717, 1.165) is 5.56 Å². The lowest BCUT2D eigenvalue weighted by atomic mass is 10.2. The van der Waals surface area contributed by atoms with Gasteiger partial charge in [0.05, 0.1) is 5.92 Å². The number of aromatic hydroxyl groups is 1. The topological polar surface area (TPSA) is 46.5 Å². The average molecular weight is 194 g/mol. The molecule has 0 aliphatic heterocycles. The van der Waals surface area contributed by atoms with Gasteiger partial charge in [0, 0.05) is 0 Å². The second kappa shape index (κ2) is 4.13. The molecule has 1 aromatic carbocycles. The number of phenolic OH excluding ortho intramolecular Hbond substituents is 1. The Kier molecular flexibility index (Phi) is 3.12. The molecule has 0 unspecified atom stereocenters. The van der Waals surface area contributed by atoms with Gasteiger partial charge in [0.1, 0.15) is 0 Å². The molecule has 0 fully saturated rings. The van der Waals surface area contributed by atoms with Gasteiger partial charge >= 0.3 is 5.97 Å². The van der Waals surface area contributed by atoms with Gasteiger partial charge < -0.3 is 9.84 Å². The van der Waals surface area contributed by atoms with Crippen LogP contribution in [-0.2, 0) is 4.79 Å². The Morgan fingerprint density at radius 3 is 2.57 bits per heavy atom. The first-order valence-electron chi connectivity index (χ1n) is 4.52.